The fourth-order valence-electron chi connectivity index (χ4n) is 1.58. The van der Waals surface area contributed by atoms with Crippen LogP contribution in [0.4, 0.5) is 0 Å². The zero-order valence-corrected chi connectivity index (χ0v) is 9.29. The lowest BCUT2D eigenvalue weighted by Gasteiger charge is -2.05. The average Bonchev–Trinajstić information content (AvgIpc) is 2.68. The summed E-state index contributed by atoms with van der Waals surface area (Å²) in [5.41, 5.74) is 2.07. The van der Waals surface area contributed by atoms with Gasteiger partial charge in [0.15, 0.2) is 0 Å². The van der Waals surface area contributed by atoms with Gasteiger partial charge in [0.1, 0.15) is 6.10 Å². The average molecular weight is 225 g/mol. The Kier molecular flexibility index (Phi) is 3.23. The second-order valence-electron chi connectivity index (χ2n) is 3.53. The Hall–Kier alpha value is -1.06. The number of benzene rings is 1. The molecule has 0 bridgehead atoms. The van der Waals surface area contributed by atoms with Gasteiger partial charge in [0.25, 0.3) is 0 Å². The van der Waals surface area contributed by atoms with Crippen molar-refractivity contribution in [2.24, 2.45) is 5.16 Å². The first-order valence-corrected chi connectivity index (χ1v) is 5.30. The molecule has 1 aromatic rings. The van der Waals surface area contributed by atoms with Gasteiger partial charge < -0.3 is 10.2 Å². The summed E-state index contributed by atoms with van der Waals surface area (Å²) in [6, 6.07) is 7.66. The van der Waals surface area contributed by atoms with Crippen LogP contribution in [0.25, 0.3) is 0 Å². The molecule has 15 heavy (non-hydrogen) atoms. The maximum absolute atomic E-state index is 5.82. The third kappa shape index (κ3) is 2.49. The SMILES string of the molecule is CNC[C@H]1CC(c2ccc(Cl)cc2)=NO1. The van der Waals surface area contributed by atoms with Crippen LogP contribution in [0.3, 0.4) is 0 Å². The topological polar surface area (TPSA) is 33.6 Å². The molecule has 0 radical (unpaired) electrons. The van der Waals surface area contributed by atoms with E-state index in [1.54, 1.807) is 0 Å². The van der Waals surface area contributed by atoms with E-state index in [0.717, 1.165) is 29.3 Å². The van der Waals surface area contributed by atoms with Gasteiger partial charge in [0.05, 0.1) is 5.71 Å². The molecule has 0 spiro atoms. The molecule has 1 N–H and O–H groups in total. The molecule has 0 aromatic heterocycles. The summed E-state index contributed by atoms with van der Waals surface area (Å²) < 4.78 is 0. The quantitative estimate of drug-likeness (QED) is 0.853. The highest BCUT2D eigenvalue weighted by Gasteiger charge is 2.20. The number of rotatable bonds is 3. The van der Waals surface area contributed by atoms with Crippen molar-refractivity contribution in [3.63, 3.8) is 0 Å². The zero-order chi connectivity index (χ0) is 10.7. The number of hydrogen-bond acceptors (Lipinski definition) is 3. The molecule has 1 aliphatic heterocycles. The third-order valence-corrected chi connectivity index (χ3v) is 2.59. The van der Waals surface area contributed by atoms with E-state index in [-0.39, 0.29) is 6.10 Å². The van der Waals surface area contributed by atoms with Crippen molar-refractivity contribution in [3.05, 3.63) is 34.9 Å². The molecule has 1 heterocycles. The largest absolute Gasteiger partial charge is 0.390 e. The van der Waals surface area contributed by atoms with Crippen molar-refractivity contribution in [3.8, 4) is 0 Å². The Morgan fingerprint density at radius 3 is 2.87 bits per heavy atom. The van der Waals surface area contributed by atoms with Crippen molar-refractivity contribution < 1.29 is 4.84 Å². The minimum absolute atomic E-state index is 0.153. The Balaban J connectivity index is 2.04. The van der Waals surface area contributed by atoms with E-state index < -0.39 is 0 Å². The van der Waals surface area contributed by atoms with Gasteiger partial charge in [-0.25, -0.2) is 0 Å². The number of halogens is 1. The van der Waals surface area contributed by atoms with Crippen LogP contribution in [0.5, 0.6) is 0 Å². The predicted molar refractivity (Wildman–Crippen MR) is 61.4 cm³/mol. The van der Waals surface area contributed by atoms with Gasteiger partial charge in [-0.1, -0.05) is 28.9 Å². The van der Waals surface area contributed by atoms with Gasteiger partial charge in [-0.3, -0.25) is 0 Å². The first-order valence-electron chi connectivity index (χ1n) is 4.93. The van der Waals surface area contributed by atoms with Gasteiger partial charge >= 0.3 is 0 Å². The number of likely N-dealkylation sites (N-methyl/N-ethyl adjacent to an activating group) is 1. The van der Waals surface area contributed by atoms with Crippen molar-refractivity contribution in [2.75, 3.05) is 13.6 Å². The van der Waals surface area contributed by atoms with Crippen molar-refractivity contribution in [1.29, 1.82) is 0 Å². The number of nitrogens with one attached hydrogen (secondary N) is 1. The van der Waals surface area contributed by atoms with Crippen molar-refractivity contribution >= 4 is 17.3 Å². The molecule has 4 heteroatoms. The van der Waals surface area contributed by atoms with E-state index in [1.807, 2.05) is 31.3 Å². The first kappa shape index (κ1) is 10.5. The van der Waals surface area contributed by atoms with Crippen LogP contribution in [0.15, 0.2) is 29.4 Å². The van der Waals surface area contributed by atoms with Gasteiger partial charge in [0.2, 0.25) is 0 Å². The van der Waals surface area contributed by atoms with Crippen molar-refractivity contribution in [2.45, 2.75) is 12.5 Å². The van der Waals surface area contributed by atoms with Gasteiger partial charge in [-0.05, 0) is 24.7 Å². The molecule has 1 aromatic carbocycles. The summed E-state index contributed by atoms with van der Waals surface area (Å²) >= 11 is 5.82. The molecule has 0 amide bonds. The molecule has 80 valence electrons. The Bertz CT molecular complexity index is 361. The van der Waals surface area contributed by atoms with Crippen LogP contribution >= 0.6 is 11.6 Å². The second-order valence-corrected chi connectivity index (χ2v) is 3.97. The molecule has 3 nitrogen and oxygen atoms in total. The standard InChI is InChI=1S/C11H13ClN2O/c1-13-7-10-6-11(14-15-10)8-2-4-9(12)5-3-8/h2-5,10,13H,6-7H2,1H3/t10-/m1/s1. The van der Waals surface area contributed by atoms with E-state index in [9.17, 15) is 0 Å². The summed E-state index contributed by atoms with van der Waals surface area (Å²) in [5, 5.41) is 7.88. The van der Waals surface area contributed by atoms with Crippen LogP contribution in [0, 0.1) is 0 Å². The van der Waals surface area contributed by atoms with E-state index in [2.05, 4.69) is 10.5 Å². The Morgan fingerprint density at radius 1 is 1.47 bits per heavy atom. The van der Waals surface area contributed by atoms with Crippen LogP contribution in [-0.2, 0) is 4.84 Å². The van der Waals surface area contributed by atoms with Crippen LogP contribution < -0.4 is 5.32 Å². The summed E-state index contributed by atoms with van der Waals surface area (Å²) in [4.78, 5) is 5.28. The highest BCUT2D eigenvalue weighted by molar-refractivity contribution is 6.30. The normalized spacial score (nSPS) is 19.9. The Morgan fingerprint density at radius 2 is 2.20 bits per heavy atom. The van der Waals surface area contributed by atoms with Crippen molar-refractivity contribution in [1.82, 2.24) is 5.32 Å². The fraction of sp³-hybridized carbons (Fsp3) is 0.364. The van der Waals surface area contributed by atoms with Gasteiger partial charge in [0, 0.05) is 18.0 Å². The monoisotopic (exact) mass is 224 g/mol. The maximum atomic E-state index is 5.82. The number of oxime groups is 1. The number of hydrogen-bond donors (Lipinski definition) is 1. The molecule has 0 saturated heterocycles. The first-order chi connectivity index (χ1) is 7.29. The molecule has 0 saturated carbocycles. The summed E-state index contributed by atoms with van der Waals surface area (Å²) in [6.45, 7) is 0.820. The minimum Gasteiger partial charge on any atom is -0.390 e. The summed E-state index contributed by atoms with van der Waals surface area (Å²) in [7, 11) is 1.91. The molecule has 2 rings (SSSR count). The molecular weight excluding hydrogens is 212 g/mol. The van der Waals surface area contributed by atoms with Crippen LogP contribution in [0.1, 0.15) is 12.0 Å². The van der Waals surface area contributed by atoms with Crippen LogP contribution in [0.2, 0.25) is 5.02 Å². The van der Waals surface area contributed by atoms with Gasteiger partial charge in [-0.15, -0.1) is 0 Å². The highest BCUT2D eigenvalue weighted by atomic mass is 35.5. The molecule has 0 fully saturated rings. The lowest BCUT2D eigenvalue weighted by molar-refractivity contribution is 0.0866. The lowest BCUT2D eigenvalue weighted by Crippen LogP contribution is -2.23. The van der Waals surface area contributed by atoms with E-state index in [0.29, 0.717) is 0 Å². The third-order valence-electron chi connectivity index (χ3n) is 2.34. The maximum Gasteiger partial charge on any atom is 0.145 e. The van der Waals surface area contributed by atoms with E-state index in [1.165, 1.54) is 0 Å². The summed E-state index contributed by atoms with van der Waals surface area (Å²) in [5.74, 6) is 0. The highest BCUT2D eigenvalue weighted by Crippen LogP contribution is 2.18. The smallest absolute Gasteiger partial charge is 0.145 e. The summed E-state index contributed by atoms with van der Waals surface area (Å²) in [6.07, 6.45) is 1.00. The molecular formula is C11H13ClN2O. The fourth-order valence-corrected chi connectivity index (χ4v) is 1.70. The van der Waals surface area contributed by atoms with E-state index >= 15 is 0 Å². The van der Waals surface area contributed by atoms with E-state index in [4.69, 9.17) is 16.4 Å². The second kappa shape index (κ2) is 4.64. The van der Waals surface area contributed by atoms with Crippen LogP contribution in [-0.4, -0.2) is 25.4 Å². The molecule has 1 atom stereocenters. The minimum atomic E-state index is 0.153. The molecule has 0 unspecified atom stereocenters. The Labute approximate surface area is 94.1 Å². The molecule has 1 aliphatic rings. The van der Waals surface area contributed by atoms with Gasteiger partial charge in [-0.2, -0.15) is 0 Å². The zero-order valence-electron chi connectivity index (χ0n) is 8.53. The predicted octanol–water partition coefficient (Wildman–Crippen LogP) is 2.05. The number of nitrogens with zero attached hydrogens (tertiary/aromatic N) is 1. The lowest BCUT2D eigenvalue weighted by atomic mass is 10.1. The molecule has 0 aliphatic carbocycles.